The van der Waals surface area contributed by atoms with E-state index < -0.39 is 58.3 Å². The van der Waals surface area contributed by atoms with Crippen LogP contribution in [0.1, 0.15) is 11.1 Å². The van der Waals surface area contributed by atoms with Gasteiger partial charge in [-0.05, 0) is 24.3 Å². The minimum Gasteiger partial charge on any atom is -0.319 e. The first-order valence-electron chi connectivity index (χ1n) is 6.43. The fourth-order valence-corrected chi connectivity index (χ4v) is 1.59. The van der Waals surface area contributed by atoms with Crippen molar-refractivity contribution in [2.24, 2.45) is 5.84 Å². The van der Waals surface area contributed by atoms with Crippen molar-refractivity contribution < 1.29 is 48.3 Å². The predicted octanol–water partition coefficient (Wildman–Crippen LogP) is 5.39. The molecule has 0 spiro atoms. The van der Waals surface area contributed by atoms with Crippen LogP contribution in [-0.2, 0) is 12.4 Å². The topological polar surface area (TPSA) is 38.0 Å². The van der Waals surface area contributed by atoms with Crippen molar-refractivity contribution in [1.29, 1.82) is 0 Å². The molecule has 0 saturated heterocycles. The molecule has 0 aliphatic carbocycles. The molecular weight excluding hydrogens is 405 g/mol. The van der Waals surface area contributed by atoms with Crippen LogP contribution in [-0.4, -0.2) is 0 Å². The molecule has 13 heteroatoms. The number of nitrogen functional groups attached to an aromatic ring is 1. The van der Waals surface area contributed by atoms with E-state index in [0.717, 1.165) is 0 Å². The van der Waals surface area contributed by atoms with Crippen molar-refractivity contribution >= 4 is 5.69 Å². The molecule has 0 aliphatic heterocycles. The van der Waals surface area contributed by atoms with Crippen LogP contribution < -0.4 is 11.3 Å². The molecule has 0 heterocycles. The highest BCUT2D eigenvalue weighted by Crippen LogP contribution is 2.33. The van der Waals surface area contributed by atoms with Crippen molar-refractivity contribution in [3.8, 4) is 0 Å². The van der Waals surface area contributed by atoms with Gasteiger partial charge in [0.05, 0.1) is 11.1 Å². The lowest BCUT2D eigenvalue weighted by Gasteiger charge is -2.09. The second-order valence-corrected chi connectivity index (χ2v) is 4.71. The summed E-state index contributed by atoms with van der Waals surface area (Å²) in [6, 6.07) is 0.132. The van der Waals surface area contributed by atoms with Crippen LogP contribution in [0.4, 0.5) is 54.0 Å². The van der Waals surface area contributed by atoms with Crippen LogP contribution >= 0.6 is 0 Å². The van der Waals surface area contributed by atoms with Crippen LogP contribution in [0.25, 0.3) is 0 Å². The van der Waals surface area contributed by atoms with E-state index in [1.54, 1.807) is 5.43 Å². The van der Waals surface area contributed by atoms with Gasteiger partial charge in [-0.2, -0.15) is 26.3 Å². The van der Waals surface area contributed by atoms with Crippen molar-refractivity contribution in [2.45, 2.75) is 12.4 Å². The van der Waals surface area contributed by atoms with Gasteiger partial charge in [-0.1, -0.05) is 0 Å². The fraction of sp³-hybridized carbons (Fsp3) is 0.143. The molecule has 0 atom stereocenters. The summed E-state index contributed by atoms with van der Waals surface area (Å²) in [5.41, 5.74) is -2.12. The van der Waals surface area contributed by atoms with Crippen LogP contribution in [0.3, 0.4) is 0 Å². The van der Waals surface area contributed by atoms with Crippen molar-refractivity contribution in [3.05, 3.63) is 64.5 Å². The molecule has 0 aliphatic rings. The van der Waals surface area contributed by atoms with E-state index in [1.807, 2.05) is 0 Å². The normalized spacial score (nSPS) is 11.7. The van der Waals surface area contributed by atoms with Gasteiger partial charge in [0, 0.05) is 0 Å². The molecule has 0 unspecified atom stereocenters. The Hall–Kier alpha value is -2.57. The number of nitrogens with two attached hydrogens (primary N) is 1. The van der Waals surface area contributed by atoms with Crippen molar-refractivity contribution in [3.63, 3.8) is 0 Å². The number of halogens is 11. The van der Waals surface area contributed by atoms with Gasteiger partial charge in [0.25, 0.3) is 0 Å². The molecule has 0 bridgehead atoms. The van der Waals surface area contributed by atoms with Gasteiger partial charge in [0.1, 0.15) is 5.69 Å². The number of nitrogens with one attached hydrogen (secondary N) is 1. The van der Waals surface area contributed by atoms with E-state index in [1.165, 1.54) is 0 Å². The lowest BCUT2D eigenvalue weighted by molar-refractivity contribution is -0.138. The van der Waals surface area contributed by atoms with Crippen LogP contribution in [0.5, 0.6) is 0 Å². The van der Waals surface area contributed by atoms with Crippen LogP contribution in [0.15, 0.2) is 24.3 Å². The lowest BCUT2D eigenvalue weighted by atomic mass is 10.2. The SMILES string of the molecule is Fc1cc(C(F)(F)F)cc(F)c1F.NNc1c(F)cc(C(F)(F)F)cc1F. The van der Waals surface area contributed by atoms with E-state index in [-0.39, 0.29) is 24.3 Å². The van der Waals surface area contributed by atoms with Crippen LogP contribution in [0, 0.1) is 29.1 Å². The Morgan fingerprint density at radius 1 is 0.593 bits per heavy atom. The smallest absolute Gasteiger partial charge is 0.319 e. The van der Waals surface area contributed by atoms with Gasteiger partial charge >= 0.3 is 12.4 Å². The predicted molar refractivity (Wildman–Crippen MR) is 70.5 cm³/mol. The summed E-state index contributed by atoms with van der Waals surface area (Å²) in [7, 11) is 0. The zero-order valence-electron chi connectivity index (χ0n) is 12.5. The van der Waals surface area contributed by atoms with Gasteiger partial charge in [0.15, 0.2) is 29.1 Å². The Balaban J connectivity index is 0.000000271. The summed E-state index contributed by atoms with van der Waals surface area (Å²) in [6.07, 6.45) is -9.66. The van der Waals surface area contributed by atoms with Crippen molar-refractivity contribution in [2.75, 3.05) is 5.43 Å². The van der Waals surface area contributed by atoms with Gasteiger partial charge < -0.3 is 5.43 Å². The zero-order valence-corrected chi connectivity index (χ0v) is 12.5. The maximum atomic E-state index is 12.8. The van der Waals surface area contributed by atoms with Gasteiger partial charge in [-0.3, -0.25) is 5.84 Å². The first-order chi connectivity index (χ1) is 12.2. The lowest BCUT2D eigenvalue weighted by Crippen LogP contribution is -2.13. The Labute approximate surface area is 143 Å². The zero-order chi connectivity index (χ0) is 21.2. The first kappa shape index (κ1) is 22.5. The summed E-state index contributed by atoms with van der Waals surface area (Å²) in [6.45, 7) is 0. The molecule has 2 nitrogen and oxygen atoms in total. The first-order valence-corrected chi connectivity index (χ1v) is 6.43. The number of hydrogen-bond donors (Lipinski definition) is 2. The molecule has 3 N–H and O–H groups in total. The molecule has 2 rings (SSSR count). The third kappa shape index (κ3) is 5.70. The number of hydrazine groups is 1. The minimum absolute atomic E-state index is 0.0988. The van der Waals surface area contributed by atoms with E-state index in [4.69, 9.17) is 5.84 Å². The van der Waals surface area contributed by atoms with E-state index in [9.17, 15) is 48.3 Å². The Morgan fingerprint density at radius 3 is 1.15 bits per heavy atom. The van der Waals surface area contributed by atoms with Crippen molar-refractivity contribution in [1.82, 2.24) is 0 Å². The number of hydrogen-bond acceptors (Lipinski definition) is 2. The number of alkyl halides is 6. The quantitative estimate of drug-likeness (QED) is 0.285. The molecule has 0 aromatic heterocycles. The molecule has 0 radical (unpaired) electrons. The summed E-state index contributed by atoms with van der Waals surface area (Å²) in [5.74, 6) is -3.70. The average molecular weight is 412 g/mol. The number of anilines is 1. The van der Waals surface area contributed by atoms with Crippen LogP contribution in [0.2, 0.25) is 0 Å². The van der Waals surface area contributed by atoms with E-state index in [0.29, 0.717) is 0 Å². The number of benzene rings is 2. The highest BCUT2D eigenvalue weighted by Gasteiger charge is 2.33. The Kier molecular flexibility index (Phi) is 6.64. The summed E-state index contributed by atoms with van der Waals surface area (Å²) in [5, 5.41) is 0. The van der Waals surface area contributed by atoms with Gasteiger partial charge in [0.2, 0.25) is 0 Å². The van der Waals surface area contributed by atoms with Gasteiger partial charge in [-0.25, -0.2) is 22.0 Å². The maximum Gasteiger partial charge on any atom is 0.416 e. The molecule has 0 fully saturated rings. The van der Waals surface area contributed by atoms with E-state index in [2.05, 4.69) is 0 Å². The average Bonchev–Trinajstić information content (AvgIpc) is 2.50. The standard InChI is InChI=1S/C7H2F6.C7H5F5N2/c8-4-1-3(7(11,12)13)2-5(9)6(4)10;8-4-1-3(7(10,11)12)2-5(9)6(4)14-13/h1-2H;1-2,14H,13H2. The molecule has 27 heavy (non-hydrogen) atoms. The molecule has 150 valence electrons. The monoisotopic (exact) mass is 412 g/mol. The summed E-state index contributed by atoms with van der Waals surface area (Å²) < 4.78 is 134. The summed E-state index contributed by atoms with van der Waals surface area (Å²) >= 11 is 0. The second kappa shape index (κ2) is 7.98. The second-order valence-electron chi connectivity index (χ2n) is 4.71. The van der Waals surface area contributed by atoms with Gasteiger partial charge in [-0.15, -0.1) is 0 Å². The molecule has 0 saturated carbocycles. The third-order valence-corrected chi connectivity index (χ3v) is 2.82. The highest BCUT2D eigenvalue weighted by atomic mass is 19.4. The molecular formula is C14H7F11N2. The minimum atomic E-state index is -4.88. The van der Waals surface area contributed by atoms with E-state index >= 15 is 0 Å². The molecule has 2 aromatic rings. The number of rotatable bonds is 1. The fourth-order valence-electron chi connectivity index (χ4n) is 1.59. The Bertz CT molecular complexity index is 766. The molecule has 2 aromatic carbocycles. The highest BCUT2D eigenvalue weighted by molar-refractivity contribution is 5.47. The Morgan fingerprint density at radius 2 is 0.889 bits per heavy atom. The molecule has 0 amide bonds. The summed E-state index contributed by atoms with van der Waals surface area (Å²) in [4.78, 5) is 0. The maximum absolute atomic E-state index is 12.8. The third-order valence-electron chi connectivity index (χ3n) is 2.82. The largest absolute Gasteiger partial charge is 0.416 e.